The van der Waals surface area contributed by atoms with E-state index in [-0.39, 0.29) is 6.54 Å². The fourth-order valence-corrected chi connectivity index (χ4v) is 4.46. The maximum Gasteiger partial charge on any atom is 0.279 e. The normalized spacial score (nSPS) is 24.3. The molecule has 6 nitrogen and oxygen atoms in total. The minimum atomic E-state index is -3.40. The molecule has 21 heavy (non-hydrogen) atoms. The van der Waals surface area contributed by atoms with E-state index in [1.807, 2.05) is 5.38 Å². The largest absolute Gasteiger partial charge is 0.314 e. The molecule has 2 aliphatic rings. The van der Waals surface area contributed by atoms with Crippen molar-refractivity contribution in [1.29, 1.82) is 0 Å². The first-order valence-electron chi connectivity index (χ1n) is 7.48. The minimum absolute atomic E-state index is 0.271. The van der Waals surface area contributed by atoms with E-state index in [9.17, 15) is 8.42 Å². The van der Waals surface area contributed by atoms with E-state index in [1.165, 1.54) is 24.2 Å². The zero-order valence-corrected chi connectivity index (χ0v) is 13.6. The zero-order chi connectivity index (χ0) is 14.7. The lowest BCUT2D eigenvalue weighted by Crippen LogP contribution is -2.47. The van der Waals surface area contributed by atoms with E-state index in [2.05, 4.69) is 15.0 Å². The van der Waals surface area contributed by atoms with Crippen LogP contribution in [0.4, 0.5) is 0 Å². The van der Waals surface area contributed by atoms with E-state index in [0.717, 1.165) is 25.1 Å². The Morgan fingerprint density at radius 2 is 2.24 bits per heavy atom. The molecule has 1 unspecified atom stereocenters. The van der Waals surface area contributed by atoms with Crippen LogP contribution in [0.5, 0.6) is 0 Å². The van der Waals surface area contributed by atoms with Crippen LogP contribution in [0.2, 0.25) is 0 Å². The van der Waals surface area contributed by atoms with Crippen LogP contribution in [0.15, 0.2) is 10.9 Å². The summed E-state index contributed by atoms with van der Waals surface area (Å²) in [6.07, 6.45) is 4.58. The molecule has 0 radical (unpaired) electrons. The summed E-state index contributed by atoms with van der Waals surface area (Å²) in [5.74, 6) is 0.426. The smallest absolute Gasteiger partial charge is 0.279 e. The van der Waals surface area contributed by atoms with E-state index >= 15 is 0 Å². The average Bonchev–Trinajstić information content (AvgIpc) is 3.17. The van der Waals surface area contributed by atoms with Crippen molar-refractivity contribution in [2.75, 3.05) is 19.6 Å². The van der Waals surface area contributed by atoms with Gasteiger partial charge in [-0.15, -0.1) is 11.3 Å². The Hall–Kier alpha value is -0.540. The number of hydrogen-bond acceptors (Lipinski definition) is 5. The van der Waals surface area contributed by atoms with Crippen LogP contribution in [-0.4, -0.2) is 43.4 Å². The Morgan fingerprint density at radius 1 is 1.38 bits per heavy atom. The molecule has 1 aromatic rings. The quantitative estimate of drug-likeness (QED) is 0.780. The van der Waals surface area contributed by atoms with E-state index in [1.54, 1.807) is 9.82 Å². The SMILES string of the molecule is O=S(=O)(NCc1cscn1)N1CCCC(CNC2CC2)C1. The van der Waals surface area contributed by atoms with Crippen molar-refractivity contribution in [3.05, 3.63) is 16.6 Å². The molecule has 1 aliphatic heterocycles. The maximum absolute atomic E-state index is 12.3. The first-order valence-corrected chi connectivity index (χ1v) is 9.87. The van der Waals surface area contributed by atoms with Gasteiger partial charge < -0.3 is 5.32 Å². The molecule has 2 heterocycles. The summed E-state index contributed by atoms with van der Waals surface area (Å²) in [7, 11) is -3.40. The maximum atomic E-state index is 12.3. The third-order valence-electron chi connectivity index (χ3n) is 4.01. The van der Waals surface area contributed by atoms with Gasteiger partial charge in [-0.2, -0.15) is 17.4 Å². The molecule has 1 saturated carbocycles. The third kappa shape index (κ3) is 4.46. The van der Waals surface area contributed by atoms with Gasteiger partial charge in [-0.3, -0.25) is 0 Å². The topological polar surface area (TPSA) is 74.3 Å². The standard InChI is InChI=1S/C13H22N4O2S2/c18-21(19,16-7-13-9-20-10-15-13)17-5-1-2-11(8-17)6-14-12-3-4-12/h9-12,14,16H,1-8H2. The van der Waals surface area contributed by atoms with Gasteiger partial charge >= 0.3 is 0 Å². The zero-order valence-electron chi connectivity index (χ0n) is 12.0. The van der Waals surface area contributed by atoms with Crippen LogP contribution in [-0.2, 0) is 16.8 Å². The molecule has 3 rings (SSSR count). The molecule has 1 aromatic heterocycles. The summed E-state index contributed by atoms with van der Waals surface area (Å²) in [6.45, 7) is 2.44. The van der Waals surface area contributed by atoms with Crippen molar-refractivity contribution in [3.8, 4) is 0 Å². The number of aromatic nitrogens is 1. The molecule has 0 amide bonds. The fraction of sp³-hybridized carbons (Fsp3) is 0.769. The first-order chi connectivity index (χ1) is 10.1. The molecule has 2 fully saturated rings. The highest BCUT2D eigenvalue weighted by molar-refractivity contribution is 7.87. The number of piperidine rings is 1. The second kappa shape index (κ2) is 6.70. The molecule has 2 N–H and O–H groups in total. The van der Waals surface area contributed by atoms with Gasteiger partial charge in [0, 0.05) is 24.5 Å². The van der Waals surface area contributed by atoms with Crippen LogP contribution in [0.25, 0.3) is 0 Å². The molecule has 1 saturated heterocycles. The lowest BCUT2D eigenvalue weighted by molar-refractivity contribution is 0.257. The molecule has 8 heteroatoms. The van der Waals surface area contributed by atoms with E-state index < -0.39 is 10.2 Å². The van der Waals surface area contributed by atoms with Gasteiger partial charge in [0.15, 0.2) is 0 Å². The van der Waals surface area contributed by atoms with Crippen molar-refractivity contribution < 1.29 is 8.42 Å². The van der Waals surface area contributed by atoms with Gasteiger partial charge in [0.05, 0.1) is 17.7 Å². The predicted octanol–water partition coefficient (Wildman–Crippen LogP) is 0.941. The summed E-state index contributed by atoms with van der Waals surface area (Å²) in [6, 6.07) is 0.680. The number of nitrogens with one attached hydrogen (secondary N) is 2. The number of thiazole rings is 1. The van der Waals surface area contributed by atoms with Gasteiger partial charge in [0.25, 0.3) is 10.2 Å². The van der Waals surface area contributed by atoms with Gasteiger partial charge in [-0.25, -0.2) is 4.98 Å². The van der Waals surface area contributed by atoms with Gasteiger partial charge in [-0.05, 0) is 38.1 Å². The second-order valence-corrected chi connectivity index (χ2v) is 8.33. The van der Waals surface area contributed by atoms with Crippen molar-refractivity contribution in [1.82, 2.24) is 19.3 Å². The Balaban J connectivity index is 1.50. The van der Waals surface area contributed by atoms with Crippen molar-refractivity contribution >= 4 is 21.5 Å². The van der Waals surface area contributed by atoms with Gasteiger partial charge in [0.2, 0.25) is 0 Å². The first kappa shape index (κ1) is 15.4. The van der Waals surface area contributed by atoms with Crippen LogP contribution < -0.4 is 10.0 Å². The molecule has 1 atom stereocenters. The Morgan fingerprint density at radius 3 is 2.95 bits per heavy atom. The highest BCUT2D eigenvalue weighted by Crippen LogP contribution is 2.22. The summed E-state index contributed by atoms with van der Waals surface area (Å²) in [4.78, 5) is 4.10. The summed E-state index contributed by atoms with van der Waals surface area (Å²) in [5.41, 5.74) is 2.48. The summed E-state index contributed by atoms with van der Waals surface area (Å²) < 4.78 is 28.9. The van der Waals surface area contributed by atoms with E-state index in [0.29, 0.717) is 25.0 Å². The number of hydrogen-bond donors (Lipinski definition) is 2. The summed E-state index contributed by atoms with van der Waals surface area (Å²) >= 11 is 1.47. The van der Waals surface area contributed by atoms with E-state index in [4.69, 9.17) is 0 Å². The second-order valence-electron chi connectivity index (χ2n) is 5.85. The molecular formula is C13H22N4O2S2. The van der Waals surface area contributed by atoms with Gasteiger partial charge in [-0.1, -0.05) is 0 Å². The number of nitrogens with zero attached hydrogens (tertiary/aromatic N) is 2. The fourth-order valence-electron chi connectivity index (χ4n) is 2.61. The number of rotatable bonds is 7. The molecule has 0 aromatic carbocycles. The summed E-state index contributed by atoms with van der Waals surface area (Å²) in [5, 5.41) is 5.36. The molecule has 118 valence electrons. The Bertz CT molecular complexity index is 543. The van der Waals surface area contributed by atoms with Crippen LogP contribution in [0, 0.1) is 5.92 Å². The molecular weight excluding hydrogens is 308 g/mol. The monoisotopic (exact) mass is 330 g/mol. The van der Waals surface area contributed by atoms with Crippen LogP contribution in [0.1, 0.15) is 31.4 Å². The van der Waals surface area contributed by atoms with Crippen molar-refractivity contribution in [2.45, 2.75) is 38.3 Å². The predicted molar refractivity (Wildman–Crippen MR) is 83.2 cm³/mol. The average molecular weight is 330 g/mol. The van der Waals surface area contributed by atoms with Gasteiger partial charge in [0.1, 0.15) is 0 Å². The lowest BCUT2D eigenvalue weighted by Gasteiger charge is -2.32. The highest BCUT2D eigenvalue weighted by Gasteiger charge is 2.30. The highest BCUT2D eigenvalue weighted by atomic mass is 32.2. The van der Waals surface area contributed by atoms with Crippen molar-refractivity contribution in [2.24, 2.45) is 5.92 Å². The van der Waals surface area contributed by atoms with Crippen molar-refractivity contribution in [3.63, 3.8) is 0 Å². The van der Waals surface area contributed by atoms with Crippen LogP contribution in [0.3, 0.4) is 0 Å². The third-order valence-corrected chi connectivity index (χ3v) is 6.17. The lowest BCUT2D eigenvalue weighted by atomic mass is 10.00. The van der Waals surface area contributed by atoms with Crippen LogP contribution >= 0.6 is 11.3 Å². The minimum Gasteiger partial charge on any atom is -0.314 e. The molecule has 0 spiro atoms. The Labute approximate surface area is 130 Å². The molecule has 0 bridgehead atoms. The molecule has 1 aliphatic carbocycles. The Kier molecular flexibility index (Phi) is 4.90.